The van der Waals surface area contributed by atoms with E-state index in [0.717, 1.165) is 18.1 Å². The normalized spacial score (nSPS) is 15.9. The number of rotatable bonds is 6. The molecule has 0 aliphatic heterocycles. The molecule has 2 rings (SSSR count). The first-order valence-electron chi connectivity index (χ1n) is 6.77. The van der Waals surface area contributed by atoms with Crippen LogP contribution >= 0.6 is 11.6 Å². The first-order chi connectivity index (χ1) is 8.86. The van der Waals surface area contributed by atoms with E-state index >= 15 is 0 Å². The first-order valence-corrected chi connectivity index (χ1v) is 7.30. The summed E-state index contributed by atoms with van der Waals surface area (Å²) in [7, 11) is 0. The smallest absolute Gasteiger partial charge is 0.171 e. The van der Waals surface area contributed by atoms with E-state index in [2.05, 4.69) is 9.88 Å². The minimum absolute atomic E-state index is 0.567. The lowest BCUT2D eigenvalue weighted by atomic mass is 10.2. The highest BCUT2D eigenvalue weighted by Crippen LogP contribution is 2.32. The van der Waals surface area contributed by atoms with Gasteiger partial charge in [-0.1, -0.05) is 12.8 Å². The minimum atomic E-state index is 0.567. The van der Waals surface area contributed by atoms with Gasteiger partial charge in [-0.2, -0.15) is 0 Å². The second kappa shape index (κ2) is 6.83. The molecule has 0 N–H and O–H groups in total. The predicted octanol–water partition coefficient (Wildman–Crippen LogP) is 3.47. The van der Waals surface area contributed by atoms with Gasteiger partial charge in [-0.05, 0) is 31.9 Å². The molecule has 1 saturated carbocycles. The molecule has 3 nitrogen and oxygen atoms in total. The number of halogens is 1. The van der Waals surface area contributed by atoms with E-state index in [4.69, 9.17) is 16.3 Å². The van der Waals surface area contributed by atoms with E-state index in [9.17, 15) is 0 Å². The maximum Gasteiger partial charge on any atom is 0.171 e. The molecule has 18 heavy (non-hydrogen) atoms. The Morgan fingerprint density at radius 1 is 1.44 bits per heavy atom. The fourth-order valence-corrected chi connectivity index (χ4v) is 2.82. The highest BCUT2D eigenvalue weighted by molar-refractivity contribution is 6.18. The van der Waals surface area contributed by atoms with Crippen molar-refractivity contribution in [2.45, 2.75) is 38.6 Å². The van der Waals surface area contributed by atoms with Crippen LogP contribution in [0.25, 0.3) is 0 Å². The van der Waals surface area contributed by atoms with Gasteiger partial charge in [0.05, 0.1) is 6.61 Å². The van der Waals surface area contributed by atoms with Gasteiger partial charge in [-0.15, -0.1) is 11.6 Å². The van der Waals surface area contributed by atoms with Crippen molar-refractivity contribution in [2.75, 3.05) is 23.9 Å². The van der Waals surface area contributed by atoms with Crippen molar-refractivity contribution in [1.82, 2.24) is 4.98 Å². The molecule has 1 heterocycles. The third kappa shape index (κ3) is 3.08. The number of nitrogens with zero attached hydrogens (tertiary/aromatic N) is 2. The second-order valence-corrected chi connectivity index (χ2v) is 4.96. The minimum Gasteiger partial charge on any atom is -0.490 e. The fraction of sp³-hybridized carbons (Fsp3) is 0.643. The average Bonchev–Trinajstić information content (AvgIpc) is 2.91. The summed E-state index contributed by atoms with van der Waals surface area (Å²) in [6.45, 7) is 3.50. The molecule has 4 heteroatoms. The predicted molar refractivity (Wildman–Crippen MR) is 75.7 cm³/mol. The summed E-state index contributed by atoms with van der Waals surface area (Å²) >= 11 is 5.94. The van der Waals surface area contributed by atoms with E-state index in [1.165, 1.54) is 25.7 Å². The zero-order chi connectivity index (χ0) is 12.8. The quantitative estimate of drug-likeness (QED) is 0.739. The summed E-state index contributed by atoms with van der Waals surface area (Å²) in [4.78, 5) is 6.83. The van der Waals surface area contributed by atoms with Crippen LogP contribution in [0.3, 0.4) is 0 Å². The molecule has 1 aliphatic rings. The molecule has 0 bridgehead atoms. The van der Waals surface area contributed by atoms with Gasteiger partial charge in [0.25, 0.3) is 0 Å². The molecule has 0 atom stereocenters. The number of anilines is 1. The molecule has 1 fully saturated rings. The largest absolute Gasteiger partial charge is 0.490 e. The van der Waals surface area contributed by atoms with Crippen LogP contribution in [0.1, 0.15) is 32.6 Å². The molecule has 1 aromatic heterocycles. The van der Waals surface area contributed by atoms with Crippen molar-refractivity contribution in [3.05, 3.63) is 18.3 Å². The summed E-state index contributed by atoms with van der Waals surface area (Å²) in [5.74, 6) is 2.45. The Balaban J connectivity index is 2.23. The molecule has 1 aliphatic carbocycles. The highest BCUT2D eigenvalue weighted by Gasteiger charge is 2.25. The van der Waals surface area contributed by atoms with Crippen LogP contribution in [0, 0.1) is 0 Å². The summed E-state index contributed by atoms with van der Waals surface area (Å²) in [6.07, 6.45) is 6.91. The lowest BCUT2D eigenvalue weighted by Crippen LogP contribution is -2.35. The Morgan fingerprint density at radius 2 is 2.22 bits per heavy atom. The molecule has 0 radical (unpaired) electrons. The second-order valence-electron chi connectivity index (χ2n) is 4.58. The van der Waals surface area contributed by atoms with E-state index in [-0.39, 0.29) is 0 Å². The molecule has 0 unspecified atom stereocenters. The lowest BCUT2D eigenvalue weighted by Gasteiger charge is -2.30. The lowest BCUT2D eigenvalue weighted by molar-refractivity contribution is 0.338. The summed E-state index contributed by atoms with van der Waals surface area (Å²) in [5.41, 5.74) is 0. The molecule has 1 aromatic rings. The zero-order valence-electron chi connectivity index (χ0n) is 10.9. The van der Waals surface area contributed by atoms with Crippen molar-refractivity contribution < 1.29 is 4.74 Å². The number of hydrogen-bond acceptors (Lipinski definition) is 3. The third-order valence-corrected chi connectivity index (χ3v) is 3.58. The summed E-state index contributed by atoms with van der Waals surface area (Å²) in [6, 6.07) is 4.47. The number of hydrogen-bond donors (Lipinski definition) is 0. The Hall–Kier alpha value is -0.960. The topological polar surface area (TPSA) is 25.4 Å². The van der Waals surface area contributed by atoms with Gasteiger partial charge in [-0.25, -0.2) is 4.98 Å². The third-order valence-electron chi connectivity index (χ3n) is 3.41. The molecule has 0 amide bonds. The number of alkyl halides is 1. The highest BCUT2D eigenvalue weighted by atomic mass is 35.5. The molecule has 0 spiro atoms. The Morgan fingerprint density at radius 3 is 2.89 bits per heavy atom. The van der Waals surface area contributed by atoms with Gasteiger partial charge in [0.15, 0.2) is 11.6 Å². The van der Waals surface area contributed by atoms with Crippen LogP contribution < -0.4 is 9.64 Å². The van der Waals surface area contributed by atoms with Crippen molar-refractivity contribution in [3.8, 4) is 5.75 Å². The average molecular weight is 269 g/mol. The Labute approximate surface area is 114 Å². The molecule has 0 aromatic carbocycles. The van der Waals surface area contributed by atoms with Crippen molar-refractivity contribution >= 4 is 17.4 Å². The summed E-state index contributed by atoms with van der Waals surface area (Å²) < 4.78 is 5.68. The van der Waals surface area contributed by atoms with Crippen LogP contribution in [0.4, 0.5) is 5.82 Å². The standard InChI is InChI=1S/C14H21ClN2O/c1-2-18-13-8-5-10-16-14(13)17(11-9-15)12-6-3-4-7-12/h5,8,10,12H,2-4,6-7,9,11H2,1H3. The maximum absolute atomic E-state index is 5.94. The molecule has 0 saturated heterocycles. The zero-order valence-corrected chi connectivity index (χ0v) is 11.7. The van der Waals surface area contributed by atoms with E-state index in [0.29, 0.717) is 18.5 Å². The van der Waals surface area contributed by atoms with Crippen molar-refractivity contribution in [2.24, 2.45) is 0 Å². The summed E-state index contributed by atoms with van der Waals surface area (Å²) in [5, 5.41) is 0. The van der Waals surface area contributed by atoms with Crippen molar-refractivity contribution in [1.29, 1.82) is 0 Å². The van der Waals surface area contributed by atoms with Gasteiger partial charge in [-0.3, -0.25) is 0 Å². The van der Waals surface area contributed by atoms with Crippen LogP contribution in [0.5, 0.6) is 5.75 Å². The number of ether oxygens (including phenoxy) is 1. The number of pyridine rings is 1. The van der Waals surface area contributed by atoms with Gasteiger partial charge in [0.1, 0.15) is 0 Å². The molecular weight excluding hydrogens is 248 g/mol. The van der Waals surface area contributed by atoms with Gasteiger partial charge >= 0.3 is 0 Å². The molecular formula is C14H21ClN2O. The Kier molecular flexibility index (Phi) is 5.12. The van der Waals surface area contributed by atoms with Gasteiger partial charge < -0.3 is 9.64 Å². The van der Waals surface area contributed by atoms with E-state index in [1.54, 1.807) is 0 Å². The van der Waals surface area contributed by atoms with Crippen LogP contribution in [0.15, 0.2) is 18.3 Å². The first kappa shape index (κ1) is 13.5. The monoisotopic (exact) mass is 268 g/mol. The fourth-order valence-electron chi connectivity index (χ4n) is 2.63. The molecule has 100 valence electrons. The number of aromatic nitrogens is 1. The Bertz CT molecular complexity index is 367. The van der Waals surface area contributed by atoms with E-state index < -0.39 is 0 Å². The van der Waals surface area contributed by atoms with Crippen LogP contribution in [-0.4, -0.2) is 30.1 Å². The maximum atomic E-state index is 5.94. The van der Waals surface area contributed by atoms with E-state index in [1.807, 2.05) is 25.3 Å². The van der Waals surface area contributed by atoms with Crippen LogP contribution in [0.2, 0.25) is 0 Å². The SMILES string of the molecule is CCOc1cccnc1N(CCCl)C1CCCC1. The van der Waals surface area contributed by atoms with Crippen LogP contribution in [-0.2, 0) is 0 Å². The van der Waals surface area contributed by atoms with Gasteiger partial charge in [0.2, 0.25) is 0 Å². The van der Waals surface area contributed by atoms with Crippen molar-refractivity contribution in [3.63, 3.8) is 0 Å². The van der Waals surface area contributed by atoms with Gasteiger partial charge in [0, 0.05) is 24.7 Å².